The van der Waals surface area contributed by atoms with Crippen LogP contribution >= 0.6 is 22.9 Å². The number of halogens is 1. The number of ketones is 1. The zero-order valence-electron chi connectivity index (χ0n) is 17.8. The molecule has 0 fully saturated rings. The van der Waals surface area contributed by atoms with Crippen molar-refractivity contribution in [2.75, 3.05) is 26.4 Å². The van der Waals surface area contributed by atoms with Gasteiger partial charge in [0, 0.05) is 46.7 Å². The predicted octanol–water partition coefficient (Wildman–Crippen LogP) is 5.43. The average Bonchev–Trinajstić information content (AvgIpc) is 3.13. The SMILES string of the molecule is COc1cccc(-c2c3c(nc4sc(C(=O)c5ccc(Cl)cc5)c(N)c24)CCN(C)C3)c1. The number of aromatic nitrogens is 1. The highest BCUT2D eigenvalue weighted by Crippen LogP contribution is 2.44. The van der Waals surface area contributed by atoms with Crippen molar-refractivity contribution in [2.45, 2.75) is 13.0 Å². The van der Waals surface area contributed by atoms with E-state index in [0.29, 0.717) is 21.2 Å². The number of carbonyl (C=O) groups is 1. The molecule has 0 bridgehead atoms. The van der Waals surface area contributed by atoms with Gasteiger partial charge in [-0.15, -0.1) is 11.3 Å². The van der Waals surface area contributed by atoms with Crippen LogP contribution in [0.5, 0.6) is 5.75 Å². The van der Waals surface area contributed by atoms with Crippen molar-refractivity contribution >= 4 is 44.6 Å². The maximum atomic E-state index is 13.3. The number of nitrogen functional groups attached to an aromatic ring is 1. The summed E-state index contributed by atoms with van der Waals surface area (Å²) in [7, 11) is 3.77. The summed E-state index contributed by atoms with van der Waals surface area (Å²) in [6.45, 7) is 1.72. The molecule has 0 spiro atoms. The van der Waals surface area contributed by atoms with Crippen molar-refractivity contribution in [3.8, 4) is 16.9 Å². The van der Waals surface area contributed by atoms with Gasteiger partial charge in [-0.25, -0.2) is 4.98 Å². The summed E-state index contributed by atoms with van der Waals surface area (Å²) in [6.07, 6.45) is 0.858. The number of nitrogens with zero attached hydrogens (tertiary/aromatic N) is 2. The van der Waals surface area contributed by atoms with Crippen molar-refractivity contribution in [3.63, 3.8) is 0 Å². The second kappa shape index (κ2) is 8.20. The van der Waals surface area contributed by atoms with Gasteiger partial charge in [0.15, 0.2) is 0 Å². The molecule has 32 heavy (non-hydrogen) atoms. The van der Waals surface area contributed by atoms with Crippen LogP contribution in [0, 0.1) is 0 Å². The standard InChI is InChI=1S/C25H22ClN3O2S/c1-29-11-10-19-18(13-29)20(15-4-3-5-17(12-15)31-2)21-22(27)24(32-25(21)28-19)23(30)14-6-8-16(26)9-7-14/h3-9,12H,10-11,13,27H2,1-2H3. The Morgan fingerprint density at radius 3 is 2.75 bits per heavy atom. The third-order valence-electron chi connectivity index (χ3n) is 5.89. The highest BCUT2D eigenvalue weighted by atomic mass is 35.5. The van der Waals surface area contributed by atoms with Gasteiger partial charge in [0.2, 0.25) is 5.78 Å². The summed E-state index contributed by atoms with van der Waals surface area (Å²) >= 11 is 7.36. The van der Waals surface area contributed by atoms with Crippen LogP contribution in [0.3, 0.4) is 0 Å². The molecule has 2 N–H and O–H groups in total. The summed E-state index contributed by atoms with van der Waals surface area (Å²) in [5, 5.41) is 1.43. The van der Waals surface area contributed by atoms with E-state index in [1.807, 2.05) is 18.2 Å². The monoisotopic (exact) mass is 463 g/mol. The zero-order valence-corrected chi connectivity index (χ0v) is 19.4. The number of likely N-dealkylation sites (N-methyl/N-ethyl adjacent to an activating group) is 1. The Balaban J connectivity index is 1.77. The number of fused-ring (bicyclic) bond motifs is 2. The molecule has 162 valence electrons. The summed E-state index contributed by atoms with van der Waals surface area (Å²) < 4.78 is 5.48. The van der Waals surface area contributed by atoms with Gasteiger partial charge >= 0.3 is 0 Å². The molecular weight excluding hydrogens is 442 g/mol. The summed E-state index contributed by atoms with van der Waals surface area (Å²) in [5.41, 5.74) is 12.0. The number of thiophene rings is 1. The number of pyridine rings is 1. The molecule has 1 aliphatic heterocycles. The van der Waals surface area contributed by atoms with E-state index >= 15 is 0 Å². The molecule has 0 amide bonds. The van der Waals surface area contributed by atoms with Gasteiger partial charge in [-0.2, -0.15) is 0 Å². The van der Waals surface area contributed by atoms with E-state index in [2.05, 4.69) is 18.0 Å². The number of rotatable bonds is 4. The van der Waals surface area contributed by atoms with Crippen LogP contribution in [0.4, 0.5) is 5.69 Å². The molecule has 5 nitrogen and oxygen atoms in total. The Labute approximate surface area is 195 Å². The average molecular weight is 464 g/mol. The minimum absolute atomic E-state index is 0.117. The van der Waals surface area contributed by atoms with Crippen molar-refractivity contribution in [3.05, 3.63) is 75.3 Å². The zero-order chi connectivity index (χ0) is 22.4. The third-order valence-corrected chi connectivity index (χ3v) is 7.24. The largest absolute Gasteiger partial charge is 0.497 e. The number of methoxy groups -OCH3 is 1. The van der Waals surface area contributed by atoms with Crippen LogP contribution in [0.2, 0.25) is 5.02 Å². The molecule has 2 aromatic heterocycles. The second-order valence-electron chi connectivity index (χ2n) is 7.99. The van der Waals surface area contributed by atoms with Crippen LogP contribution in [0.15, 0.2) is 48.5 Å². The summed E-state index contributed by atoms with van der Waals surface area (Å²) in [5.74, 6) is 0.658. The highest BCUT2D eigenvalue weighted by Gasteiger charge is 2.27. The van der Waals surface area contributed by atoms with Crippen LogP contribution in [0.25, 0.3) is 21.3 Å². The number of hydrogen-bond donors (Lipinski definition) is 1. The fraction of sp³-hybridized carbons (Fsp3) is 0.200. The van der Waals surface area contributed by atoms with Crippen molar-refractivity contribution in [1.29, 1.82) is 0 Å². The predicted molar refractivity (Wildman–Crippen MR) is 131 cm³/mol. The molecule has 0 radical (unpaired) electrons. The van der Waals surface area contributed by atoms with Gasteiger partial charge in [0.05, 0.1) is 12.8 Å². The molecule has 0 saturated carbocycles. The molecular formula is C25H22ClN3O2S. The lowest BCUT2D eigenvalue weighted by molar-refractivity contribution is 0.104. The highest BCUT2D eigenvalue weighted by molar-refractivity contribution is 7.21. The number of benzene rings is 2. The molecule has 7 heteroatoms. The Bertz CT molecular complexity index is 1350. The topological polar surface area (TPSA) is 68.4 Å². The van der Waals surface area contributed by atoms with Gasteiger partial charge in [-0.05, 0) is 54.6 Å². The molecule has 0 aliphatic carbocycles. The third kappa shape index (κ3) is 3.54. The first-order chi connectivity index (χ1) is 15.5. The van der Waals surface area contributed by atoms with Gasteiger partial charge in [-0.1, -0.05) is 23.7 Å². The first kappa shape index (κ1) is 20.9. The van der Waals surface area contributed by atoms with E-state index in [9.17, 15) is 4.79 Å². The maximum Gasteiger partial charge on any atom is 0.205 e. The number of anilines is 1. The summed E-state index contributed by atoms with van der Waals surface area (Å²) in [6, 6.07) is 14.9. The fourth-order valence-electron chi connectivity index (χ4n) is 4.26. The Morgan fingerprint density at radius 2 is 2.00 bits per heavy atom. The quantitative estimate of drug-likeness (QED) is 0.409. The molecule has 3 heterocycles. The van der Waals surface area contributed by atoms with Gasteiger partial charge in [0.1, 0.15) is 15.5 Å². The first-order valence-corrected chi connectivity index (χ1v) is 11.5. The van der Waals surface area contributed by atoms with Crippen LogP contribution < -0.4 is 10.5 Å². The Morgan fingerprint density at radius 1 is 1.22 bits per heavy atom. The lowest BCUT2D eigenvalue weighted by Crippen LogP contribution is -2.27. The van der Waals surface area contributed by atoms with E-state index in [0.717, 1.165) is 57.9 Å². The van der Waals surface area contributed by atoms with E-state index in [1.54, 1.807) is 31.4 Å². The lowest BCUT2D eigenvalue weighted by atomic mass is 9.92. The normalized spacial score (nSPS) is 13.8. The second-order valence-corrected chi connectivity index (χ2v) is 9.43. The minimum atomic E-state index is -0.117. The number of carbonyl (C=O) groups excluding carboxylic acids is 1. The molecule has 4 aromatic rings. The molecule has 0 atom stereocenters. The Hall–Kier alpha value is -2.93. The first-order valence-electron chi connectivity index (χ1n) is 10.3. The van der Waals surface area contributed by atoms with Crippen molar-refractivity contribution in [2.24, 2.45) is 0 Å². The minimum Gasteiger partial charge on any atom is -0.497 e. The van der Waals surface area contributed by atoms with E-state index in [4.69, 9.17) is 27.1 Å². The fourth-order valence-corrected chi connectivity index (χ4v) is 5.47. The van der Waals surface area contributed by atoms with Crippen molar-refractivity contribution < 1.29 is 9.53 Å². The molecule has 0 saturated heterocycles. The van der Waals surface area contributed by atoms with E-state index in [1.165, 1.54) is 11.3 Å². The van der Waals surface area contributed by atoms with Gasteiger partial charge in [0.25, 0.3) is 0 Å². The van der Waals surface area contributed by atoms with Gasteiger partial charge < -0.3 is 15.4 Å². The van der Waals surface area contributed by atoms with E-state index < -0.39 is 0 Å². The van der Waals surface area contributed by atoms with Crippen LogP contribution in [-0.2, 0) is 13.0 Å². The lowest BCUT2D eigenvalue weighted by Gasteiger charge is -2.27. The Kier molecular flexibility index (Phi) is 5.37. The number of nitrogens with two attached hydrogens (primary N) is 1. The molecule has 1 aliphatic rings. The maximum absolute atomic E-state index is 13.3. The van der Waals surface area contributed by atoms with Crippen molar-refractivity contribution in [1.82, 2.24) is 9.88 Å². The van der Waals surface area contributed by atoms with Crippen LogP contribution in [0.1, 0.15) is 26.5 Å². The smallest absolute Gasteiger partial charge is 0.205 e. The summed E-state index contributed by atoms with van der Waals surface area (Å²) in [4.78, 5) is 21.8. The van der Waals surface area contributed by atoms with E-state index in [-0.39, 0.29) is 5.78 Å². The number of ether oxygens (including phenoxy) is 1. The number of hydrogen-bond acceptors (Lipinski definition) is 6. The molecule has 0 unspecified atom stereocenters. The molecule has 2 aromatic carbocycles. The van der Waals surface area contributed by atoms with Crippen LogP contribution in [-0.4, -0.2) is 36.4 Å². The van der Waals surface area contributed by atoms with Gasteiger partial charge in [-0.3, -0.25) is 4.79 Å². The molecule has 5 rings (SSSR count).